The zero-order chi connectivity index (χ0) is 34.7. The minimum Gasteiger partial charge on any atom is -0.511 e. The Labute approximate surface area is 289 Å². The number of hydrogen-bond donors (Lipinski definition) is 3. The number of piperidine rings is 1. The summed E-state index contributed by atoms with van der Waals surface area (Å²) in [7, 11) is 0. The number of nitrogens with zero attached hydrogens (tertiary/aromatic N) is 2. The summed E-state index contributed by atoms with van der Waals surface area (Å²) < 4.78 is 0. The molecule has 1 aliphatic rings. The highest BCUT2D eigenvalue weighted by Gasteiger charge is 2.24. The number of nitrogens with one attached hydrogen (secondary N) is 2. The van der Waals surface area contributed by atoms with E-state index in [4.69, 9.17) is 11.6 Å². The number of likely N-dealkylation sites (tertiary alicyclic amines) is 1. The van der Waals surface area contributed by atoms with Gasteiger partial charge in [-0.1, -0.05) is 107 Å². The van der Waals surface area contributed by atoms with E-state index in [9.17, 15) is 5.11 Å². The van der Waals surface area contributed by atoms with Gasteiger partial charge in [-0.05, 0) is 96.3 Å². The molecule has 1 heterocycles. The first-order valence-corrected chi connectivity index (χ1v) is 18.5. The Morgan fingerprint density at radius 3 is 2.24 bits per heavy atom. The Bertz CT molecular complexity index is 1050. The molecule has 1 saturated heterocycles. The minimum absolute atomic E-state index is 0.317. The summed E-state index contributed by atoms with van der Waals surface area (Å²) in [6.45, 7) is 30.1. The molecule has 262 valence electrons. The lowest BCUT2D eigenvalue weighted by Crippen LogP contribution is -2.46. The van der Waals surface area contributed by atoms with Crippen molar-refractivity contribution in [1.29, 1.82) is 0 Å². The maximum absolute atomic E-state index is 10.6. The second-order valence-electron chi connectivity index (χ2n) is 11.5. The summed E-state index contributed by atoms with van der Waals surface area (Å²) in [6, 6.07) is 9.51. The van der Waals surface area contributed by atoms with Gasteiger partial charge in [0.15, 0.2) is 0 Å². The van der Waals surface area contributed by atoms with Gasteiger partial charge in [-0.2, -0.15) is 0 Å². The zero-order valence-electron chi connectivity index (χ0n) is 31.0. The highest BCUT2D eigenvalue weighted by molar-refractivity contribution is 6.18. The molecule has 1 aromatic carbocycles. The van der Waals surface area contributed by atoms with Crippen LogP contribution in [-0.2, 0) is 6.54 Å². The molecule has 1 aromatic rings. The van der Waals surface area contributed by atoms with Crippen LogP contribution in [0.5, 0.6) is 0 Å². The van der Waals surface area contributed by atoms with Crippen LogP contribution in [0.3, 0.4) is 0 Å². The Balaban J connectivity index is 0.00000486. The van der Waals surface area contributed by atoms with Crippen LogP contribution in [0, 0.1) is 6.92 Å². The van der Waals surface area contributed by atoms with Gasteiger partial charge in [0.25, 0.3) is 0 Å². The summed E-state index contributed by atoms with van der Waals surface area (Å²) in [5, 5.41) is 17.4. The van der Waals surface area contributed by atoms with E-state index in [1.54, 1.807) is 0 Å². The van der Waals surface area contributed by atoms with Crippen molar-refractivity contribution in [2.75, 3.05) is 51.7 Å². The minimum atomic E-state index is 0.317. The predicted molar refractivity (Wildman–Crippen MR) is 206 cm³/mol. The molecular weight excluding hydrogens is 588 g/mol. The smallest absolute Gasteiger partial charge is 0.107 e. The molecule has 0 unspecified atom stereocenters. The van der Waals surface area contributed by atoms with Crippen LogP contribution < -0.4 is 10.6 Å². The summed E-state index contributed by atoms with van der Waals surface area (Å²) in [4.78, 5) is 5.14. The molecule has 0 amide bonds. The number of rotatable bonds is 19. The lowest BCUT2D eigenvalue weighted by molar-refractivity contribution is 0.108. The first kappa shape index (κ1) is 43.7. The summed E-state index contributed by atoms with van der Waals surface area (Å²) in [6.07, 6.45) is 13.6. The maximum atomic E-state index is 10.6. The number of hydrogen-bond acceptors (Lipinski definition) is 5. The highest BCUT2D eigenvalue weighted by Crippen LogP contribution is 2.19. The summed E-state index contributed by atoms with van der Waals surface area (Å²) in [5.41, 5.74) is 7.14. The van der Waals surface area contributed by atoms with Crippen molar-refractivity contribution in [3.8, 4) is 0 Å². The number of aryl methyl sites for hydroxylation is 1. The predicted octanol–water partition coefficient (Wildman–Crippen LogP) is 9.72. The van der Waals surface area contributed by atoms with Gasteiger partial charge in [-0.3, -0.25) is 9.80 Å². The molecule has 0 atom stereocenters. The molecule has 0 aromatic heterocycles. The Kier molecular flexibility index (Phi) is 26.4. The molecule has 3 N–H and O–H groups in total. The van der Waals surface area contributed by atoms with Crippen molar-refractivity contribution >= 4 is 11.6 Å². The molecule has 0 saturated carbocycles. The van der Waals surface area contributed by atoms with Gasteiger partial charge in [0.05, 0.1) is 6.54 Å². The Morgan fingerprint density at radius 2 is 1.67 bits per heavy atom. The molecule has 46 heavy (non-hydrogen) atoms. The standard InChI is InChI=1S/C36H57ClN4O.2C2H6/c1-7-29(4)11-14-32(8-2)26-39-31(6)34(9-3)25-36(42)27-38-20-10-21-41(24-19-37)35-17-22-40(23-18-35)28-33-15-12-30(5)13-16-33;2*1-2/h9,11-16,25,35,38-39,42H,6-8,10,17-24,26-28H2,1-5H3;2*1-2H3/b29-11-,32-14+,34-9+,36-25+;;. The van der Waals surface area contributed by atoms with Crippen molar-refractivity contribution in [3.05, 3.63) is 94.5 Å². The van der Waals surface area contributed by atoms with E-state index in [1.807, 2.05) is 46.8 Å². The number of alkyl halides is 1. The fourth-order valence-corrected chi connectivity index (χ4v) is 5.40. The van der Waals surface area contributed by atoms with Gasteiger partial charge in [-0.25, -0.2) is 0 Å². The van der Waals surface area contributed by atoms with Crippen molar-refractivity contribution in [2.45, 2.75) is 107 Å². The van der Waals surface area contributed by atoms with Crippen LogP contribution in [0.1, 0.15) is 98.6 Å². The van der Waals surface area contributed by atoms with Gasteiger partial charge in [0.2, 0.25) is 0 Å². The molecular formula is C40H69ClN4O. The van der Waals surface area contributed by atoms with Gasteiger partial charge in [0.1, 0.15) is 5.76 Å². The third-order valence-corrected chi connectivity index (χ3v) is 8.37. The first-order chi connectivity index (χ1) is 22.3. The second-order valence-corrected chi connectivity index (χ2v) is 11.9. The maximum Gasteiger partial charge on any atom is 0.107 e. The molecule has 6 heteroatoms. The molecule has 0 aliphatic carbocycles. The molecule has 0 bridgehead atoms. The third-order valence-electron chi connectivity index (χ3n) is 8.20. The summed E-state index contributed by atoms with van der Waals surface area (Å²) >= 11 is 6.18. The van der Waals surface area contributed by atoms with Crippen LogP contribution >= 0.6 is 11.6 Å². The van der Waals surface area contributed by atoms with Crippen LogP contribution in [0.4, 0.5) is 0 Å². The van der Waals surface area contributed by atoms with E-state index in [0.29, 0.717) is 24.2 Å². The Hall–Kier alpha value is -2.31. The molecule has 1 fully saturated rings. The monoisotopic (exact) mass is 657 g/mol. The average molecular weight is 657 g/mol. The number of aliphatic hydroxyl groups excluding tert-OH is 1. The SMILES string of the molecule is C=C(NC/C(=C/C=C(/C)CC)CC)C(/C=C(/O)CNCCCN(CCCl)C1CCN(Cc2ccc(C)cc2)CC1)=C/C.CC.CC. The van der Waals surface area contributed by atoms with Crippen molar-refractivity contribution in [1.82, 2.24) is 20.4 Å². The lowest BCUT2D eigenvalue weighted by Gasteiger charge is -2.38. The molecule has 1 aliphatic heterocycles. The first-order valence-electron chi connectivity index (χ1n) is 17.9. The molecule has 0 spiro atoms. The molecule has 2 rings (SSSR count). The lowest BCUT2D eigenvalue weighted by atomic mass is 10.0. The van der Waals surface area contributed by atoms with Crippen LogP contribution in [-0.4, -0.2) is 72.6 Å². The van der Waals surface area contributed by atoms with Crippen molar-refractivity contribution in [3.63, 3.8) is 0 Å². The highest BCUT2D eigenvalue weighted by atomic mass is 35.5. The van der Waals surface area contributed by atoms with E-state index in [1.165, 1.54) is 35.1 Å². The van der Waals surface area contributed by atoms with Crippen molar-refractivity contribution < 1.29 is 5.11 Å². The number of aliphatic hydroxyl groups is 1. The van der Waals surface area contributed by atoms with Gasteiger partial charge in [-0.15, -0.1) is 11.6 Å². The van der Waals surface area contributed by atoms with Crippen LogP contribution in [0.2, 0.25) is 0 Å². The van der Waals surface area contributed by atoms with Gasteiger partial charge < -0.3 is 15.7 Å². The number of allylic oxidation sites excluding steroid dienone is 5. The van der Waals surface area contributed by atoms with Gasteiger partial charge >= 0.3 is 0 Å². The fourth-order valence-electron chi connectivity index (χ4n) is 5.18. The van der Waals surface area contributed by atoms with E-state index in [0.717, 1.165) is 76.3 Å². The second kappa shape index (κ2) is 27.8. The molecule has 0 radical (unpaired) electrons. The van der Waals surface area contributed by atoms with E-state index in [2.05, 4.69) is 91.1 Å². The molecule has 5 nitrogen and oxygen atoms in total. The van der Waals surface area contributed by atoms with Crippen LogP contribution in [0.15, 0.2) is 83.3 Å². The topological polar surface area (TPSA) is 50.8 Å². The van der Waals surface area contributed by atoms with E-state index >= 15 is 0 Å². The fraction of sp³-hybridized carbons (Fsp3) is 0.600. The van der Waals surface area contributed by atoms with Crippen molar-refractivity contribution in [2.24, 2.45) is 0 Å². The zero-order valence-corrected chi connectivity index (χ0v) is 31.8. The normalized spacial score (nSPS) is 15.2. The largest absolute Gasteiger partial charge is 0.511 e. The quantitative estimate of drug-likeness (QED) is 0.0599. The summed E-state index contributed by atoms with van der Waals surface area (Å²) in [5.74, 6) is 0.979. The number of halogens is 1. The average Bonchev–Trinajstić information content (AvgIpc) is 3.09. The number of benzene rings is 1. The third kappa shape index (κ3) is 18.7. The van der Waals surface area contributed by atoms with Gasteiger partial charge in [0, 0.05) is 37.3 Å². The van der Waals surface area contributed by atoms with E-state index in [-0.39, 0.29) is 0 Å². The van der Waals surface area contributed by atoms with E-state index < -0.39 is 0 Å². The van der Waals surface area contributed by atoms with Crippen LogP contribution in [0.25, 0.3) is 0 Å². The Morgan fingerprint density at radius 1 is 1.02 bits per heavy atom.